The van der Waals surface area contributed by atoms with Crippen LogP contribution in [0.3, 0.4) is 0 Å². The number of thioether (sulfide) groups is 1. The van der Waals surface area contributed by atoms with Crippen LogP contribution in [-0.4, -0.2) is 26.8 Å². The molecule has 22 heavy (non-hydrogen) atoms. The van der Waals surface area contributed by atoms with Crippen LogP contribution >= 0.6 is 11.8 Å². The first-order valence-corrected chi connectivity index (χ1v) is 8.16. The van der Waals surface area contributed by atoms with Crippen LogP contribution < -0.4 is 5.32 Å². The summed E-state index contributed by atoms with van der Waals surface area (Å²) in [7, 11) is 0. The fraction of sp³-hybridized carbons (Fsp3) is 0.312. The van der Waals surface area contributed by atoms with E-state index in [9.17, 15) is 9.90 Å². The number of hydrogen-bond acceptors (Lipinski definition) is 5. The molecule has 1 aromatic carbocycles. The first-order valence-electron chi connectivity index (χ1n) is 7.18. The quantitative estimate of drug-likeness (QED) is 0.454. The van der Waals surface area contributed by atoms with Gasteiger partial charge in [-0.3, -0.25) is 0 Å². The number of aromatic carboxylic acids is 1. The number of aryl methyl sites for hydroxylation is 1. The molecule has 1 heterocycles. The van der Waals surface area contributed by atoms with E-state index in [1.807, 2.05) is 13.0 Å². The molecule has 116 valence electrons. The van der Waals surface area contributed by atoms with Gasteiger partial charge >= 0.3 is 5.97 Å². The van der Waals surface area contributed by atoms with E-state index in [0.717, 1.165) is 24.3 Å². The maximum atomic E-state index is 11.2. The summed E-state index contributed by atoms with van der Waals surface area (Å²) in [6.07, 6.45) is 2.25. The lowest BCUT2D eigenvalue weighted by molar-refractivity contribution is 0.0698. The maximum absolute atomic E-state index is 11.2. The number of nitrogens with one attached hydrogen (secondary N) is 1. The summed E-state index contributed by atoms with van der Waals surface area (Å²) >= 11 is 1.62. The van der Waals surface area contributed by atoms with Crippen molar-refractivity contribution in [1.29, 1.82) is 0 Å². The van der Waals surface area contributed by atoms with Gasteiger partial charge in [-0.2, -0.15) is 0 Å². The average molecular weight is 317 g/mol. The van der Waals surface area contributed by atoms with Gasteiger partial charge in [-0.1, -0.05) is 37.2 Å². The highest BCUT2D eigenvalue weighted by molar-refractivity contribution is 7.99. The fourth-order valence-corrected chi connectivity index (χ4v) is 2.88. The number of benzene rings is 1. The molecule has 0 bridgehead atoms. The Balaban J connectivity index is 2.21. The summed E-state index contributed by atoms with van der Waals surface area (Å²) in [5, 5.41) is 13.0. The molecule has 0 amide bonds. The second-order valence-electron chi connectivity index (χ2n) is 4.85. The SMILES string of the molecule is CCCCSc1nc(C)cc(Nc2ccccc2C(=O)O)n1. The molecule has 0 unspecified atom stereocenters. The molecule has 0 radical (unpaired) electrons. The average Bonchev–Trinajstić information content (AvgIpc) is 2.47. The maximum Gasteiger partial charge on any atom is 0.337 e. The number of nitrogens with zero attached hydrogens (tertiary/aromatic N) is 2. The number of aromatic nitrogens is 2. The Morgan fingerprint density at radius 3 is 2.82 bits per heavy atom. The van der Waals surface area contributed by atoms with Crippen LogP contribution in [0.1, 0.15) is 35.8 Å². The molecule has 0 saturated carbocycles. The fourth-order valence-electron chi connectivity index (χ4n) is 1.89. The minimum Gasteiger partial charge on any atom is -0.478 e. The number of anilines is 2. The van der Waals surface area contributed by atoms with Gasteiger partial charge in [0.2, 0.25) is 0 Å². The smallest absolute Gasteiger partial charge is 0.337 e. The molecule has 0 spiro atoms. The van der Waals surface area contributed by atoms with Gasteiger partial charge in [-0.25, -0.2) is 14.8 Å². The van der Waals surface area contributed by atoms with Gasteiger partial charge in [0, 0.05) is 17.5 Å². The van der Waals surface area contributed by atoms with Gasteiger partial charge in [-0.05, 0) is 25.5 Å². The lowest BCUT2D eigenvalue weighted by Crippen LogP contribution is -2.04. The van der Waals surface area contributed by atoms with Crippen molar-refractivity contribution in [3.8, 4) is 0 Å². The van der Waals surface area contributed by atoms with Crippen molar-refractivity contribution < 1.29 is 9.90 Å². The van der Waals surface area contributed by atoms with Crippen molar-refractivity contribution in [1.82, 2.24) is 9.97 Å². The molecule has 2 N–H and O–H groups in total. The summed E-state index contributed by atoms with van der Waals surface area (Å²) in [6, 6.07) is 8.59. The largest absolute Gasteiger partial charge is 0.478 e. The molecule has 2 rings (SSSR count). The van der Waals surface area contributed by atoms with Crippen LogP contribution in [0.4, 0.5) is 11.5 Å². The van der Waals surface area contributed by atoms with E-state index < -0.39 is 5.97 Å². The molecule has 1 aromatic heterocycles. The first kappa shape index (κ1) is 16.3. The number of carboxylic acid groups (broad SMARTS) is 1. The normalized spacial score (nSPS) is 10.5. The molecule has 6 heteroatoms. The van der Waals surface area contributed by atoms with Gasteiger partial charge in [0.05, 0.1) is 11.3 Å². The Morgan fingerprint density at radius 2 is 2.09 bits per heavy atom. The predicted octanol–water partition coefficient (Wildman–Crippen LogP) is 4.12. The molecule has 0 atom stereocenters. The molecule has 0 aliphatic carbocycles. The molecule has 0 saturated heterocycles. The lowest BCUT2D eigenvalue weighted by atomic mass is 10.2. The third-order valence-corrected chi connectivity index (χ3v) is 3.92. The van der Waals surface area contributed by atoms with Gasteiger partial charge in [0.1, 0.15) is 5.82 Å². The van der Waals surface area contributed by atoms with E-state index in [1.54, 1.807) is 36.0 Å². The van der Waals surface area contributed by atoms with Crippen LogP contribution in [0, 0.1) is 6.92 Å². The summed E-state index contributed by atoms with van der Waals surface area (Å²) in [5.41, 5.74) is 1.60. The van der Waals surface area contributed by atoms with Crippen molar-refractivity contribution in [2.75, 3.05) is 11.1 Å². The second kappa shape index (κ2) is 7.79. The number of hydrogen-bond donors (Lipinski definition) is 2. The minimum absolute atomic E-state index is 0.221. The molecular weight excluding hydrogens is 298 g/mol. The highest BCUT2D eigenvalue weighted by Crippen LogP contribution is 2.23. The highest BCUT2D eigenvalue weighted by Gasteiger charge is 2.10. The third kappa shape index (κ3) is 4.46. The van der Waals surface area contributed by atoms with Gasteiger partial charge in [0.25, 0.3) is 0 Å². The monoisotopic (exact) mass is 317 g/mol. The van der Waals surface area contributed by atoms with Crippen molar-refractivity contribution in [2.24, 2.45) is 0 Å². The summed E-state index contributed by atoms with van der Waals surface area (Å²) in [6.45, 7) is 4.05. The highest BCUT2D eigenvalue weighted by atomic mass is 32.2. The summed E-state index contributed by atoms with van der Waals surface area (Å²) < 4.78 is 0. The van der Waals surface area contributed by atoms with Crippen molar-refractivity contribution in [3.63, 3.8) is 0 Å². The predicted molar refractivity (Wildman–Crippen MR) is 89.1 cm³/mol. The number of unbranched alkanes of at least 4 members (excludes halogenated alkanes) is 1. The first-order chi connectivity index (χ1) is 10.6. The Hall–Kier alpha value is -2.08. The second-order valence-corrected chi connectivity index (χ2v) is 5.92. The number of carboxylic acids is 1. The van der Waals surface area contributed by atoms with Crippen molar-refractivity contribution in [2.45, 2.75) is 31.8 Å². The Morgan fingerprint density at radius 1 is 1.32 bits per heavy atom. The van der Waals surface area contributed by atoms with Gasteiger partial charge < -0.3 is 10.4 Å². The standard InChI is InChI=1S/C16H19N3O2S/c1-3-4-9-22-16-17-11(2)10-14(19-16)18-13-8-6-5-7-12(13)15(20)21/h5-8,10H,3-4,9H2,1-2H3,(H,20,21)(H,17,18,19). The molecule has 0 fully saturated rings. The zero-order valence-corrected chi connectivity index (χ0v) is 13.5. The summed E-state index contributed by atoms with van der Waals surface area (Å²) in [4.78, 5) is 20.1. The molecule has 2 aromatic rings. The number of carbonyl (C=O) groups is 1. The van der Waals surface area contributed by atoms with Crippen LogP contribution in [0.15, 0.2) is 35.5 Å². The van der Waals surface area contributed by atoms with Crippen LogP contribution in [0.5, 0.6) is 0 Å². The van der Waals surface area contributed by atoms with Crippen LogP contribution in [0.25, 0.3) is 0 Å². The zero-order chi connectivity index (χ0) is 15.9. The van der Waals surface area contributed by atoms with Crippen molar-refractivity contribution in [3.05, 3.63) is 41.6 Å². The summed E-state index contributed by atoms with van der Waals surface area (Å²) in [5.74, 6) is 0.622. The van der Waals surface area contributed by atoms with E-state index in [2.05, 4.69) is 22.2 Å². The minimum atomic E-state index is -0.966. The number of rotatable bonds is 7. The van der Waals surface area contributed by atoms with E-state index in [-0.39, 0.29) is 5.56 Å². The lowest BCUT2D eigenvalue weighted by Gasteiger charge is -2.10. The van der Waals surface area contributed by atoms with Crippen LogP contribution in [-0.2, 0) is 0 Å². The zero-order valence-electron chi connectivity index (χ0n) is 12.7. The van der Waals surface area contributed by atoms with Gasteiger partial charge in [-0.15, -0.1) is 0 Å². The molecule has 5 nitrogen and oxygen atoms in total. The Bertz CT molecular complexity index is 662. The van der Waals surface area contributed by atoms with Crippen molar-refractivity contribution >= 4 is 29.2 Å². The molecule has 0 aliphatic rings. The number of para-hydroxylation sites is 1. The van der Waals surface area contributed by atoms with E-state index >= 15 is 0 Å². The molecular formula is C16H19N3O2S. The van der Waals surface area contributed by atoms with E-state index in [0.29, 0.717) is 16.7 Å². The topological polar surface area (TPSA) is 75.1 Å². The Labute approximate surface area is 134 Å². The van der Waals surface area contributed by atoms with Crippen LogP contribution in [0.2, 0.25) is 0 Å². The molecule has 0 aliphatic heterocycles. The van der Waals surface area contributed by atoms with E-state index in [1.165, 1.54) is 0 Å². The third-order valence-electron chi connectivity index (χ3n) is 2.98. The van der Waals surface area contributed by atoms with Gasteiger partial charge in [0.15, 0.2) is 5.16 Å². The van der Waals surface area contributed by atoms with E-state index in [4.69, 9.17) is 0 Å². The Kier molecular flexibility index (Phi) is 5.77.